The molecule has 1 fully saturated rings. The number of phenolic OH excluding ortho intramolecular Hbond substituents is 1. The van der Waals surface area contributed by atoms with Gasteiger partial charge in [0.15, 0.2) is 0 Å². The third kappa shape index (κ3) is 3.46. The summed E-state index contributed by atoms with van der Waals surface area (Å²) in [6.45, 7) is 4.39. The Kier molecular flexibility index (Phi) is 4.91. The summed E-state index contributed by atoms with van der Waals surface area (Å²) in [5, 5.41) is 16.0. The first kappa shape index (κ1) is 17.1. The van der Waals surface area contributed by atoms with E-state index in [2.05, 4.69) is 36.5 Å². The second kappa shape index (κ2) is 7.48. The van der Waals surface area contributed by atoms with Crippen molar-refractivity contribution in [3.8, 4) is 5.75 Å². The summed E-state index contributed by atoms with van der Waals surface area (Å²) in [5.74, 6) is 0.721. The molecule has 1 heterocycles. The minimum Gasteiger partial charge on any atom is -0.507 e. The van der Waals surface area contributed by atoms with Gasteiger partial charge in [0, 0.05) is 23.4 Å². The van der Waals surface area contributed by atoms with Gasteiger partial charge < -0.3 is 15.2 Å². The molecule has 3 heteroatoms. The van der Waals surface area contributed by atoms with E-state index < -0.39 is 0 Å². The van der Waals surface area contributed by atoms with E-state index in [4.69, 9.17) is 4.74 Å². The first-order chi connectivity index (χ1) is 12.7. The highest BCUT2D eigenvalue weighted by atomic mass is 16.5. The third-order valence-electron chi connectivity index (χ3n) is 5.37. The monoisotopic (exact) mass is 347 g/mol. The SMILES string of the molecule is Cc1ccc(C2CCNCC2OCc2ccc3ccccc3c2O)cc1. The van der Waals surface area contributed by atoms with Crippen molar-refractivity contribution < 1.29 is 9.84 Å². The largest absolute Gasteiger partial charge is 0.507 e. The van der Waals surface area contributed by atoms with Gasteiger partial charge in [0.25, 0.3) is 0 Å². The molecular weight excluding hydrogens is 322 g/mol. The van der Waals surface area contributed by atoms with Gasteiger partial charge in [0.2, 0.25) is 0 Å². The summed E-state index contributed by atoms with van der Waals surface area (Å²) >= 11 is 0. The van der Waals surface area contributed by atoms with Gasteiger partial charge in [-0.05, 0) is 30.8 Å². The van der Waals surface area contributed by atoms with Gasteiger partial charge >= 0.3 is 0 Å². The number of fused-ring (bicyclic) bond motifs is 1. The summed E-state index contributed by atoms with van der Waals surface area (Å²) in [5.41, 5.74) is 3.46. The van der Waals surface area contributed by atoms with E-state index in [-0.39, 0.29) is 6.10 Å². The van der Waals surface area contributed by atoms with Crippen LogP contribution in [-0.4, -0.2) is 24.3 Å². The quantitative estimate of drug-likeness (QED) is 0.729. The zero-order valence-corrected chi connectivity index (χ0v) is 15.1. The Hall–Kier alpha value is -2.36. The number of ether oxygens (including phenoxy) is 1. The van der Waals surface area contributed by atoms with E-state index in [1.807, 2.05) is 36.4 Å². The topological polar surface area (TPSA) is 41.5 Å². The van der Waals surface area contributed by atoms with Crippen LogP contribution in [0.15, 0.2) is 60.7 Å². The van der Waals surface area contributed by atoms with Crippen molar-refractivity contribution in [2.75, 3.05) is 13.1 Å². The third-order valence-corrected chi connectivity index (χ3v) is 5.37. The summed E-state index contributed by atoms with van der Waals surface area (Å²) in [7, 11) is 0. The molecule has 1 aliphatic heterocycles. The number of piperidine rings is 1. The highest BCUT2D eigenvalue weighted by Gasteiger charge is 2.27. The zero-order chi connectivity index (χ0) is 17.9. The summed E-state index contributed by atoms with van der Waals surface area (Å²) in [4.78, 5) is 0. The molecule has 0 aromatic heterocycles. The number of phenols is 1. The number of aryl methyl sites for hydroxylation is 1. The molecule has 3 nitrogen and oxygen atoms in total. The maximum absolute atomic E-state index is 10.6. The first-order valence-corrected chi connectivity index (χ1v) is 9.31. The van der Waals surface area contributed by atoms with Crippen LogP contribution in [0, 0.1) is 6.92 Å². The van der Waals surface area contributed by atoms with Gasteiger partial charge in [0.05, 0.1) is 12.7 Å². The molecule has 1 aliphatic rings. The fraction of sp³-hybridized carbons (Fsp3) is 0.304. The van der Waals surface area contributed by atoms with Crippen molar-refractivity contribution in [3.63, 3.8) is 0 Å². The van der Waals surface area contributed by atoms with Gasteiger partial charge in [-0.15, -0.1) is 0 Å². The highest BCUT2D eigenvalue weighted by Crippen LogP contribution is 2.32. The molecule has 0 radical (unpaired) electrons. The minimum atomic E-state index is 0.109. The Morgan fingerprint density at radius 1 is 1.04 bits per heavy atom. The van der Waals surface area contributed by atoms with E-state index in [0.717, 1.165) is 35.8 Å². The van der Waals surface area contributed by atoms with Crippen molar-refractivity contribution >= 4 is 10.8 Å². The summed E-state index contributed by atoms with van der Waals surface area (Å²) < 4.78 is 6.27. The van der Waals surface area contributed by atoms with Crippen LogP contribution in [0.3, 0.4) is 0 Å². The van der Waals surface area contributed by atoms with E-state index in [1.54, 1.807) is 0 Å². The Morgan fingerprint density at radius 3 is 2.69 bits per heavy atom. The van der Waals surface area contributed by atoms with Crippen molar-refractivity contribution in [2.45, 2.75) is 32.0 Å². The predicted octanol–water partition coefficient (Wildman–Crippen LogP) is 4.52. The van der Waals surface area contributed by atoms with Gasteiger partial charge in [-0.25, -0.2) is 0 Å². The van der Waals surface area contributed by atoms with E-state index in [0.29, 0.717) is 18.3 Å². The minimum absolute atomic E-state index is 0.109. The van der Waals surface area contributed by atoms with Crippen LogP contribution in [0.2, 0.25) is 0 Å². The van der Waals surface area contributed by atoms with Crippen LogP contribution < -0.4 is 5.32 Å². The lowest BCUT2D eigenvalue weighted by molar-refractivity contribution is 0.00992. The van der Waals surface area contributed by atoms with Crippen molar-refractivity contribution in [3.05, 3.63) is 77.4 Å². The van der Waals surface area contributed by atoms with Crippen LogP contribution in [0.5, 0.6) is 5.75 Å². The van der Waals surface area contributed by atoms with Crippen LogP contribution in [-0.2, 0) is 11.3 Å². The number of hydrogen-bond donors (Lipinski definition) is 2. The number of nitrogens with one attached hydrogen (secondary N) is 1. The molecule has 0 aliphatic carbocycles. The van der Waals surface area contributed by atoms with Crippen LogP contribution in [0.4, 0.5) is 0 Å². The Bertz CT molecular complexity index is 888. The van der Waals surface area contributed by atoms with Gasteiger partial charge in [-0.3, -0.25) is 0 Å². The number of hydrogen-bond acceptors (Lipinski definition) is 3. The van der Waals surface area contributed by atoms with E-state index in [9.17, 15) is 5.11 Å². The molecule has 0 bridgehead atoms. The second-order valence-corrected chi connectivity index (χ2v) is 7.15. The molecule has 0 saturated carbocycles. The Morgan fingerprint density at radius 2 is 1.85 bits per heavy atom. The molecule has 1 saturated heterocycles. The van der Waals surface area contributed by atoms with Gasteiger partial charge in [0.1, 0.15) is 5.75 Å². The zero-order valence-electron chi connectivity index (χ0n) is 15.1. The Balaban J connectivity index is 1.52. The molecule has 0 spiro atoms. The maximum atomic E-state index is 10.6. The molecule has 26 heavy (non-hydrogen) atoms. The standard InChI is InChI=1S/C23H25NO2/c1-16-6-8-18(9-7-16)20-12-13-24-14-22(20)26-15-19-11-10-17-4-2-3-5-21(17)23(19)25/h2-11,20,22,24-25H,12-15H2,1H3. The molecule has 2 atom stereocenters. The summed E-state index contributed by atoms with van der Waals surface area (Å²) in [6.07, 6.45) is 1.18. The fourth-order valence-corrected chi connectivity index (χ4v) is 3.81. The molecule has 3 aromatic rings. The van der Waals surface area contributed by atoms with Crippen molar-refractivity contribution in [1.82, 2.24) is 5.32 Å². The predicted molar refractivity (Wildman–Crippen MR) is 106 cm³/mol. The number of rotatable bonds is 4. The average molecular weight is 347 g/mol. The first-order valence-electron chi connectivity index (χ1n) is 9.31. The molecule has 2 unspecified atom stereocenters. The molecule has 2 N–H and O–H groups in total. The van der Waals surface area contributed by atoms with E-state index >= 15 is 0 Å². The average Bonchev–Trinajstić information content (AvgIpc) is 2.69. The van der Waals surface area contributed by atoms with E-state index in [1.165, 1.54) is 11.1 Å². The van der Waals surface area contributed by atoms with Crippen LogP contribution in [0.25, 0.3) is 10.8 Å². The number of benzene rings is 3. The maximum Gasteiger partial charge on any atom is 0.128 e. The fourth-order valence-electron chi connectivity index (χ4n) is 3.81. The normalized spacial score (nSPS) is 20.3. The highest BCUT2D eigenvalue weighted by molar-refractivity contribution is 5.89. The number of aromatic hydroxyl groups is 1. The molecular formula is C23H25NO2. The lowest BCUT2D eigenvalue weighted by Crippen LogP contribution is -2.40. The van der Waals surface area contributed by atoms with Crippen molar-refractivity contribution in [1.29, 1.82) is 0 Å². The molecule has 134 valence electrons. The van der Waals surface area contributed by atoms with Crippen LogP contribution in [0.1, 0.15) is 29.0 Å². The van der Waals surface area contributed by atoms with Crippen molar-refractivity contribution in [2.24, 2.45) is 0 Å². The second-order valence-electron chi connectivity index (χ2n) is 7.15. The van der Waals surface area contributed by atoms with Gasteiger partial charge in [-0.2, -0.15) is 0 Å². The Labute approximate surface area is 154 Å². The smallest absolute Gasteiger partial charge is 0.128 e. The summed E-state index contributed by atoms with van der Waals surface area (Å²) in [6, 6.07) is 20.7. The van der Waals surface area contributed by atoms with Crippen LogP contribution >= 0.6 is 0 Å². The lowest BCUT2D eigenvalue weighted by Gasteiger charge is -2.32. The molecule has 4 rings (SSSR count). The lowest BCUT2D eigenvalue weighted by atomic mass is 9.87. The molecule has 0 amide bonds. The van der Waals surface area contributed by atoms with Gasteiger partial charge in [-0.1, -0.05) is 66.2 Å². The molecule has 3 aromatic carbocycles.